The first-order valence-electron chi connectivity index (χ1n) is 8.58. The van der Waals surface area contributed by atoms with Crippen LogP contribution in [-0.2, 0) is 0 Å². The Hall–Kier alpha value is -3.60. The van der Waals surface area contributed by atoms with E-state index >= 15 is 0 Å². The summed E-state index contributed by atoms with van der Waals surface area (Å²) in [6.07, 6.45) is 0. The Morgan fingerprint density at radius 2 is 1.07 bits per heavy atom. The molecule has 2 amide bonds. The Morgan fingerprint density at radius 3 is 1.52 bits per heavy atom. The Bertz CT molecular complexity index is 918. The van der Waals surface area contributed by atoms with Gasteiger partial charge in [0.25, 0.3) is 11.8 Å². The third kappa shape index (κ3) is 4.73. The highest BCUT2D eigenvalue weighted by Crippen LogP contribution is 2.17. The fraction of sp³-hybridized carbons (Fsp3) is 0.0909. The van der Waals surface area contributed by atoms with Crippen LogP contribution in [0.5, 0.6) is 0 Å². The van der Waals surface area contributed by atoms with E-state index in [1.807, 2.05) is 73.6 Å². The lowest BCUT2D eigenvalue weighted by Crippen LogP contribution is -2.14. The third-order valence-electron chi connectivity index (χ3n) is 4.08. The van der Waals surface area contributed by atoms with Crippen molar-refractivity contribution in [3.05, 3.63) is 90.0 Å². The molecular formula is C22H21N3O2. The van der Waals surface area contributed by atoms with Crippen molar-refractivity contribution in [2.75, 3.05) is 29.6 Å². The molecule has 0 aliphatic rings. The summed E-state index contributed by atoms with van der Waals surface area (Å²) in [4.78, 5) is 26.6. The standard InChI is InChI=1S/C22H21N3O2/c1-25(2)20-14-12-19(13-15-20)24-22(27)17-10-8-16(9-11-17)21(26)23-18-6-4-3-5-7-18/h3-15H,1-2H3,(H,23,26)(H,24,27). The van der Waals surface area contributed by atoms with Gasteiger partial charge in [-0.3, -0.25) is 9.59 Å². The van der Waals surface area contributed by atoms with Gasteiger partial charge in [-0.25, -0.2) is 0 Å². The molecule has 3 aromatic carbocycles. The highest BCUT2D eigenvalue weighted by molar-refractivity contribution is 6.07. The zero-order valence-electron chi connectivity index (χ0n) is 15.3. The van der Waals surface area contributed by atoms with Gasteiger partial charge in [0, 0.05) is 42.3 Å². The first kappa shape index (κ1) is 18.2. The summed E-state index contributed by atoms with van der Waals surface area (Å²) in [5.74, 6) is -0.435. The highest BCUT2D eigenvalue weighted by Gasteiger charge is 2.10. The number of carbonyl (C=O) groups excluding carboxylic acids is 2. The minimum atomic E-state index is -0.220. The first-order chi connectivity index (χ1) is 13.0. The monoisotopic (exact) mass is 359 g/mol. The summed E-state index contributed by atoms with van der Waals surface area (Å²) in [5, 5.41) is 5.67. The molecule has 0 aliphatic heterocycles. The van der Waals surface area contributed by atoms with E-state index < -0.39 is 0 Å². The molecule has 3 aromatic rings. The summed E-state index contributed by atoms with van der Waals surface area (Å²) < 4.78 is 0. The normalized spacial score (nSPS) is 10.1. The van der Waals surface area contributed by atoms with Crippen LogP contribution in [0.25, 0.3) is 0 Å². The molecule has 0 aliphatic carbocycles. The Kier molecular flexibility index (Phi) is 5.52. The zero-order chi connectivity index (χ0) is 19.2. The van der Waals surface area contributed by atoms with Crippen LogP contribution in [0, 0.1) is 0 Å². The van der Waals surface area contributed by atoms with Crippen LogP contribution in [-0.4, -0.2) is 25.9 Å². The molecule has 0 unspecified atom stereocenters. The second-order valence-corrected chi connectivity index (χ2v) is 6.29. The maximum absolute atomic E-state index is 12.4. The minimum Gasteiger partial charge on any atom is -0.378 e. The summed E-state index contributed by atoms with van der Waals surface area (Å²) in [6.45, 7) is 0. The van der Waals surface area contributed by atoms with Gasteiger partial charge in [0.2, 0.25) is 0 Å². The number of hydrogen-bond donors (Lipinski definition) is 2. The highest BCUT2D eigenvalue weighted by atomic mass is 16.2. The molecule has 0 bridgehead atoms. The molecule has 0 atom stereocenters. The van der Waals surface area contributed by atoms with Gasteiger partial charge in [0.05, 0.1) is 0 Å². The topological polar surface area (TPSA) is 61.4 Å². The average molecular weight is 359 g/mol. The van der Waals surface area contributed by atoms with E-state index in [1.165, 1.54) is 0 Å². The second kappa shape index (κ2) is 8.19. The van der Waals surface area contributed by atoms with Gasteiger partial charge < -0.3 is 15.5 Å². The van der Waals surface area contributed by atoms with Crippen molar-refractivity contribution in [1.82, 2.24) is 0 Å². The van der Waals surface area contributed by atoms with Gasteiger partial charge in [0.15, 0.2) is 0 Å². The number of anilines is 3. The number of amides is 2. The van der Waals surface area contributed by atoms with Crippen molar-refractivity contribution in [3.63, 3.8) is 0 Å². The molecule has 5 nitrogen and oxygen atoms in total. The maximum atomic E-state index is 12.4. The maximum Gasteiger partial charge on any atom is 0.255 e. The van der Waals surface area contributed by atoms with Gasteiger partial charge in [-0.05, 0) is 60.7 Å². The fourth-order valence-corrected chi connectivity index (χ4v) is 2.54. The average Bonchev–Trinajstić information content (AvgIpc) is 2.69. The Morgan fingerprint density at radius 1 is 0.630 bits per heavy atom. The van der Waals surface area contributed by atoms with Crippen molar-refractivity contribution in [2.45, 2.75) is 0 Å². The van der Waals surface area contributed by atoms with Crippen molar-refractivity contribution in [2.24, 2.45) is 0 Å². The quantitative estimate of drug-likeness (QED) is 0.716. The second-order valence-electron chi connectivity index (χ2n) is 6.29. The lowest BCUT2D eigenvalue weighted by atomic mass is 10.1. The van der Waals surface area contributed by atoms with Crippen LogP contribution >= 0.6 is 0 Å². The molecule has 0 fully saturated rings. The van der Waals surface area contributed by atoms with Crippen molar-refractivity contribution in [1.29, 1.82) is 0 Å². The lowest BCUT2D eigenvalue weighted by molar-refractivity contribution is 0.101. The lowest BCUT2D eigenvalue weighted by Gasteiger charge is -2.13. The van der Waals surface area contributed by atoms with E-state index in [9.17, 15) is 9.59 Å². The molecule has 0 heterocycles. The van der Waals surface area contributed by atoms with Gasteiger partial charge in [-0.2, -0.15) is 0 Å². The fourth-order valence-electron chi connectivity index (χ4n) is 2.54. The molecule has 2 N–H and O–H groups in total. The molecule has 27 heavy (non-hydrogen) atoms. The van der Waals surface area contributed by atoms with E-state index in [2.05, 4.69) is 10.6 Å². The number of benzene rings is 3. The SMILES string of the molecule is CN(C)c1ccc(NC(=O)c2ccc(C(=O)Nc3ccccc3)cc2)cc1. The summed E-state index contributed by atoms with van der Waals surface area (Å²) in [6, 6.07) is 23.4. The number of carbonyl (C=O) groups is 2. The number of hydrogen-bond acceptors (Lipinski definition) is 3. The number of para-hydroxylation sites is 1. The van der Waals surface area contributed by atoms with E-state index in [1.54, 1.807) is 24.3 Å². The molecule has 0 radical (unpaired) electrons. The predicted molar refractivity (Wildman–Crippen MR) is 110 cm³/mol. The largest absolute Gasteiger partial charge is 0.378 e. The van der Waals surface area contributed by atoms with Crippen LogP contribution < -0.4 is 15.5 Å². The predicted octanol–water partition coefficient (Wildman–Crippen LogP) is 4.26. The van der Waals surface area contributed by atoms with Crippen molar-refractivity contribution < 1.29 is 9.59 Å². The molecule has 0 saturated heterocycles. The van der Waals surface area contributed by atoms with Gasteiger partial charge in [0.1, 0.15) is 0 Å². The molecule has 5 heteroatoms. The van der Waals surface area contributed by atoms with Gasteiger partial charge in [-0.15, -0.1) is 0 Å². The molecule has 3 rings (SSSR count). The number of nitrogens with zero attached hydrogens (tertiary/aromatic N) is 1. The van der Waals surface area contributed by atoms with Gasteiger partial charge in [-0.1, -0.05) is 18.2 Å². The smallest absolute Gasteiger partial charge is 0.255 e. The van der Waals surface area contributed by atoms with Crippen LogP contribution in [0.4, 0.5) is 17.1 Å². The van der Waals surface area contributed by atoms with Crippen LogP contribution in [0.2, 0.25) is 0 Å². The molecule has 0 saturated carbocycles. The van der Waals surface area contributed by atoms with E-state index in [0.29, 0.717) is 11.1 Å². The van der Waals surface area contributed by atoms with E-state index in [4.69, 9.17) is 0 Å². The van der Waals surface area contributed by atoms with Crippen LogP contribution in [0.3, 0.4) is 0 Å². The Labute approximate surface area is 158 Å². The number of rotatable bonds is 5. The van der Waals surface area contributed by atoms with Crippen molar-refractivity contribution >= 4 is 28.9 Å². The third-order valence-corrected chi connectivity index (χ3v) is 4.08. The summed E-state index contributed by atoms with van der Waals surface area (Å²) in [7, 11) is 3.92. The first-order valence-corrected chi connectivity index (χ1v) is 8.58. The van der Waals surface area contributed by atoms with E-state index in [-0.39, 0.29) is 11.8 Å². The summed E-state index contributed by atoms with van der Waals surface area (Å²) in [5.41, 5.74) is 3.48. The molecule has 0 aromatic heterocycles. The minimum absolute atomic E-state index is 0.215. The van der Waals surface area contributed by atoms with E-state index in [0.717, 1.165) is 17.1 Å². The van der Waals surface area contributed by atoms with Crippen molar-refractivity contribution in [3.8, 4) is 0 Å². The molecule has 0 spiro atoms. The number of nitrogens with one attached hydrogen (secondary N) is 2. The van der Waals surface area contributed by atoms with Crippen LogP contribution in [0.15, 0.2) is 78.9 Å². The van der Waals surface area contributed by atoms with Crippen LogP contribution in [0.1, 0.15) is 20.7 Å². The summed E-state index contributed by atoms with van der Waals surface area (Å²) >= 11 is 0. The zero-order valence-corrected chi connectivity index (χ0v) is 15.3. The Balaban J connectivity index is 1.64. The van der Waals surface area contributed by atoms with Gasteiger partial charge >= 0.3 is 0 Å². The molecular weight excluding hydrogens is 338 g/mol. The molecule has 136 valence electrons.